The van der Waals surface area contributed by atoms with Crippen LogP contribution in [0.3, 0.4) is 0 Å². The normalized spacial score (nSPS) is 18.6. The first-order valence-electron chi connectivity index (χ1n) is 5.87. The van der Waals surface area contributed by atoms with Crippen molar-refractivity contribution in [1.82, 2.24) is 10.3 Å². The number of hydrogen-bond acceptors (Lipinski definition) is 4. The number of pyridine rings is 1. The molecular formula is C12H15ClN2O3. The molecule has 0 saturated carbocycles. The lowest BCUT2D eigenvalue weighted by molar-refractivity contribution is -0.123. The standard InChI is InChI=1S/C12H15ClN2O3/c13-12-10(4-1-5-14-12)18-8-11(16)15-7-9-3-2-6-17-9/h1,4-5,9H,2-3,6-8H2,(H,15,16). The minimum atomic E-state index is -0.189. The van der Waals surface area contributed by atoms with Gasteiger partial charge in [-0.3, -0.25) is 4.79 Å². The Kier molecular flexibility index (Phi) is 4.78. The lowest BCUT2D eigenvalue weighted by atomic mass is 10.2. The molecule has 1 N–H and O–H groups in total. The Morgan fingerprint density at radius 3 is 3.28 bits per heavy atom. The molecule has 1 aromatic rings. The van der Waals surface area contributed by atoms with Gasteiger partial charge in [0.1, 0.15) is 0 Å². The molecule has 98 valence electrons. The molecule has 1 aromatic heterocycles. The third-order valence-corrected chi connectivity index (χ3v) is 2.92. The van der Waals surface area contributed by atoms with Crippen LogP contribution in [0.1, 0.15) is 12.8 Å². The molecule has 6 heteroatoms. The molecule has 1 aliphatic rings. The van der Waals surface area contributed by atoms with E-state index < -0.39 is 0 Å². The number of carbonyl (C=O) groups excluding carboxylic acids is 1. The van der Waals surface area contributed by atoms with E-state index >= 15 is 0 Å². The van der Waals surface area contributed by atoms with Crippen LogP contribution in [-0.4, -0.2) is 36.8 Å². The molecule has 1 atom stereocenters. The van der Waals surface area contributed by atoms with Crippen molar-refractivity contribution in [3.8, 4) is 5.75 Å². The molecule has 0 aliphatic carbocycles. The fraction of sp³-hybridized carbons (Fsp3) is 0.500. The maximum Gasteiger partial charge on any atom is 0.258 e. The van der Waals surface area contributed by atoms with Crippen molar-refractivity contribution in [1.29, 1.82) is 0 Å². The summed E-state index contributed by atoms with van der Waals surface area (Å²) in [5.74, 6) is 0.219. The Hall–Kier alpha value is -1.33. The van der Waals surface area contributed by atoms with E-state index in [0.29, 0.717) is 12.3 Å². The number of carbonyl (C=O) groups is 1. The lowest BCUT2D eigenvalue weighted by Crippen LogP contribution is -2.35. The van der Waals surface area contributed by atoms with E-state index in [9.17, 15) is 4.79 Å². The van der Waals surface area contributed by atoms with Gasteiger partial charge < -0.3 is 14.8 Å². The summed E-state index contributed by atoms with van der Waals surface area (Å²) in [7, 11) is 0. The quantitative estimate of drug-likeness (QED) is 0.822. The maximum atomic E-state index is 11.5. The number of halogens is 1. The predicted molar refractivity (Wildman–Crippen MR) is 66.7 cm³/mol. The van der Waals surface area contributed by atoms with E-state index in [4.69, 9.17) is 21.1 Å². The number of rotatable bonds is 5. The highest BCUT2D eigenvalue weighted by molar-refractivity contribution is 6.30. The van der Waals surface area contributed by atoms with Crippen molar-refractivity contribution in [2.45, 2.75) is 18.9 Å². The average molecular weight is 271 g/mol. The van der Waals surface area contributed by atoms with Gasteiger partial charge in [0.2, 0.25) is 0 Å². The highest BCUT2D eigenvalue weighted by atomic mass is 35.5. The molecule has 5 nitrogen and oxygen atoms in total. The second-order valence-corrected chi connectivity index (χ2v) is 4.38. The lowest BCUT2D eigenvalue weighted by Gasteiger charge is -2.11. The van der Waals surface area contributed by atoms with Gasteiger partial charge in [0.15, 0.2) is 17.5 Å². The van der Waals surface area contributed by atoms with Crippen LogP contribution in [-0.2, 0) is 9.53 Å². The van der Waals surface area contributed by atoms with E-state index in [1.807, 2.05) is 0 Å². The van der Waals surface area contributed by atoms with Crippen LogP contribution in [0.25, 0.3) is 0 Å². The summed E-state index contributed by atoms with van der Waals surface area (Å²) in [5, 5.41) is 3.02. The highest BCUT2D eigenvalue weighted by Crippen LogP contribution is 2.19. The maximum absolute atomic E-state index is 11.5. The van der Waals surface area contributed by atoms with Crippen LogP contribution in [0.4, 0.5) is 0 Å². The summed E-state index contributed by atoms with van der Waals surface area (Å²) in [6.07, 6.45) is 3.75. The van der Waals surface area contributed by atoms with Gasteiger partial charge in [-0.05, 0) is 25.0 Å². The fourth-order valence-corrected chi connectivity index (χ4v) is 1.88. The van der Waals surface area contributed by atoms with Crippen molar-refractivity contribution < 1.29 is 14.3 Å². The van der Waals surface area contributed by atoms with Crippen LogP contribution in [0, 0.1) is 0 Å². The smallest absolute Gasteiger partial charge is 0.258 e. The predicted octanol–water partition coefficient (Wildman–Crippen LogP) is 1.41. The first-order valence-corrected chi connectivity index (χ1v) is 6.25. The minimum Gasteiger partial charge on any atom is -0.481 e. The molecule has 0 aromatic carbocycles. The Morgan fingerprint density at radius 2 is 2.56 bits per heavy atom. The zero-order chi connectivity index (χ0) is 12.8. The van der Waals surface area contributed by atoms with Crippen LogP contribution in [0.15, 0.2) is 18.3 Å². The van der Waals surface area contributed by atoms with E-state index in [2.05, 4.69) is 10.3 Å². The molecule has 0 bridgehead atoms. The molecular weight excluding hydrogens is 256 g/mol. The largest absolute Gasteiger partial charge is 0.481 e. The molecule has 0 radical (unpaired) electrons. The number of ether oxygens (including phenoxy) is 2. The monoisotopic (exact) mass is 270 g/mol. The first kappa shape index (κ1) is 13.1. The summed E-state index contributed by atoms with van der Waals surface area (Å²) in [6, 6.07) is 3.37. The molecule has 1 fully saturated rings. The van der Waals surface area contributed by atoms with Crippen LogP contribution in [0.5, 0.6) is 5.75 Å². The van der Waals surface area contributed by atoms with Crippen molar-refractivity contribution in [2.24, 2.45) is 0 Å². The zero-order valence-electron chi connectivity index (χ0n) is 9.89. The molecule has 2 heterocycles. The molecule has 18 heavy (non-hydrogen) atoms. The summed E-state index contributed by atoms with van der Waals surface area (Å²) in [4.78, 5) is 15.4. The average Bonchev–Trinajstić information content (AvgIpc) is 2.88. The van der Waals surface area contributed by atoms with E-state index in [0.717, 1.165) is 19.4 Å². The Morgan fingerprint density at radius 1 is 1.67 bits per heavy atom. The number of aromatic nitrogens is 1. The molecule has 1 unspecified atom stereocenters. The van der Waals surface area contributed by atoms with Crippen molar-refractivity contribution in [2.75, 3.05) is 19.8 Å². The third-order valence-electron chi connectivity index (χ3n) is 2.63. The fourth-order valence-electron chi connectivity index (χ4n) is 1.71. The van der Waals surface area contributed by atoms with E-state index in [1.165, 1.54) is 0 Å². The summed E-state index contributed by atoms with van der Waals surface area (Å²) in [6.45, 7) is 1.24. The van der Waals surface area contributed by atoms with Gasteiger partial charge in [-0.25, -0.2) is 4.98 Å². The summed E-state index contributed by atoms with van der Waals surface area (Å²) < 4.78 is 10.7. The van der Waals surface area contributed by atoms with E-state index in [1.54, 1.807) is 18.3 Å². The van der Waals surface area contributed by atoms with E-state index in [-0.39, 0.29) is 23.8 Å². The van der Waals surface area contributed by atoms with Crippen LogP contribution < -0.4 is 10.1 Å². The van der Waals surface area contributed by atoms with Gasteiger partial charge in [0.05, 0.1) is 6.10 Å². The third kappa shape index (κ3) is 3.85. The number of nitrogens with one attached hydrogen (secondary N) is 1. The molecule has 1 aliphatic heterocycles. The molecule has 1 amide bonds. The zero-order valence-corrected chi connectivity index (χ0v) is 10.7. The SMILES string of the molecule is O=C(COc1cccnc1Cl)NCC1CCCO1. The summed E-state index contributed by atoms with van der Waals surface area (Å²) in [5.41, 5.74) is 0. The van der Waals surface area contributed by atoms with Crippen LogP contribution in [0.2, 0.25) is 5.15 Å². The minimum absolute atomic E-state index is 0.0713. The van der Waals surface area contributed by atoms with Gasteiger partial charge in [0, 0.05) is 19.3 Å². The summed E-state index contributed by atoms with van der Waals surface area (Å²) >= 11 is 5.80. The van der Waals surface area contributed by atoms with Gasteiger partial charge in [0.25, 0.3) is 5.91 Å². The van der Waals surface area contributed by atoms with Gasteiger partial charge in [-0.1, -0.05) is 11.6 Å². The van der Waals surface area contributed by atoms with Crippen molar-refractivity contribution in [3.63, 3.8) is 0 Å². The Labute approximate surface area is 110 Å². The Bertz CT molecular complexity index is 408. The van der Waals surface area contributed by atoms with Crippen molar-refractivity contribution >= 4 is 17.5 Å². The number of hydrogen-bond donors (Lipinski definition) is 1. The van der Waals surface area contributed by atoms with Crippen molar-refractivity contribution in [3.05, 3.63) is 23.5 Å². The molecule has 2 rings (SSSR count). The second kappa shape index (κ2) is 6.56. The second-order valence-electron chi connectivity index (χ2n) is 4.02. The van der Waals surface area contributed by atoms with Gasteiger partial charge in [-0.15, -0.1) is 0 Å². The highest BCUT2D eigenvalue weighted by Gasteiger charge is 2.16. The van der Waals surface area contributed by atoms with Crippen LogP contribution >= 0.6 is 11.6 Å². The number of nitrogens with zero attached hydrogens (tertiary/aromatic N) is 1. The van der Waals surface area contributed by atoms with Gasteiger partial charge in [-0.2, -0.15) is 0 Å². The number of amides is 1. The van der Waals surface area contributed by atoms with Gasteiger partial charge >= 0.3 is 0 Å². The first-order chi connectivity index (χ1) is 8.75. The Balaban J connectivity index is 1.69. The topological polar surface area (TPSA) is 60.5 Å². The molecule has 0 spiro atoms. The molecule has 1 saturated heterocycles.